The minimum atomic E-state index is -0.425. The Morgan fingerprint density at radius 3 is 3.00 bits per heavy atom. The molecule has 0 saturated carbocycles. The molecule has 1 aromatic carbocycles. The van der Waals surface area contributed by atoms with Crippen molar-refractivity contribution in [3.05, 3.63) is 51.7 Å². The summed E-state index contributed by atoms with van der Waals surface area (Å²) in [7, 11) is 0. The maximum absolute atomic E-state index is 10.2. The second kappa shape index (κ2) is 4.17. The summed E-state index contributed by atoms with van der Waals surface area (Å²) in [6.45, 7) is 2.03. The summed E-state index contributed by atoms with van der Waals surface area (Å²) < 4.78 is 5.95. The predicted molar refractivity (Wildman–Crippen MR) is 68.4 cm³/mol. The fourth-order valence-electron chi connectivity index (χ4n) is 2.22. The van der Waals surface area contributed by atoms with E-state index in [0.29, 0.717) is 6.42 Å². The van der Waals surface area contributed by atoms with E-state index in [-0.39, 0.29) is 6.10 Å². The maximum Gasteiger partial charge on any atom is 0.136 e. The second-order valence-corrected chi connectivity index (χ2v) is 5.39. The Labute approximate surface area is 104 Å². The lowest BCUT2D eigenvalue weighted by molar-refractivity contribution is 0.0674. The highest BCUT2D eigenvalue weighted by Crippen LogP contribution is 2.41. The Balaban J connectivity index is 1.96. The summed E-state index contributed by atoms with van der Waals surface area (Å²) in [4.78, 5) is 1.18. The van der Waals surface area contributed by atoms with E-state index in [4.69, 9.17) is 4.74 Å². The van der Waals surface area contributed by atoms with Crippen LogP contribution < -0.4 is 4.74 Å². The first kappa shape index (κ1) is 10.8. The summed E-state index contributed by atoms with van der Waals surface area (Å²) in [5.41, 5.74) is 2.07. The van der Waals surface area contributed by atoms with Crippen molar-refractivity contribution in [1.29, 1.82) is 0 Å². The van der Waals surface area contributed by atoms with Crippen LogP contribution in [0.2, 0.25) is 0 Å². The van der Waals surface area contributed by atoms with Gasteiger partial charge in [0, 0.05) is 16.9 Å². The van der Waals surface area contributed by atoms with Crippen LogP contribution in [0.5, 0.6) is 5.75 Å². The monoisotopic (exact) mass is 246 g/mol. The quantitative estimate of drug-likeness (QED) is 0.832. The normalized spacial score (nSPS) is 22.9. The van der Waals surface area contributed by atoms with Crippen molar-refractivity contribution in [2.24, 2.45) is 0 Å². The van der Waals surface area contributed by atoms with E-state index in [0.717, 1.165) is 16.9 Å². The first-order valence-corrected chi connectivity index (χ1v) is 6.60. The van der Waals surface area contributed by atoms with Gasteiger partial charge in [-0.25, -0.2) is 0 Å². The van der Waals surface area contributed by atoms with Crippen molar-refractivity contribution < 1.29 is 9.84 Å². The van der Waals surface area contributed by atoms with Gasteiger partial charge in [-0.3, -0.25) is 0 Å². The van der Waals surface area contributed by atoms with E-state index in [9.17, 15) is 5.11 Å². The van der Waals surface area contributed by atoms with Crippen molar-refractivity contribution in [3.8, 4) is 5.75 Å². The molecule has 2 atom stereocenters. The molecule has 0 amide bonds. The molecule has 2 unspecified atom stereocenters. The Morgan fingerprint density at radius 1 is 1.35 bits per heavy atom. The van der Waals surface area contributed by atoms with Gasteiger partial charge in [0.25, 0.3) is 0 Å². The van der Waals surface area contributed by atoms with Gasteiger partial charge in [-0.15, -0.1) is 11.3 Å². The van der Waals surface area contributed by atoms with Gasteiger partial charge in [-0.05, 0) is 30.5 Å². The minimum Gasteiger partial charge on any atom is -0.484 e. The molecule has 1 aliphatic heterocycles. The van der Waals surface area contributed by atoms with Crippen LogP contribution in [0, 0.1) is 6.92 Å². The fraction of sp³-hybridized carbons (Fsp3) is 0.286. The molecule has 2 heterocycles. The first-order valence-electron chi connectivity index (χ1n) is 5.73. The average Bonchev–Trinajstić information content (AvgIpc) is 2.83. The van der Waals surface area contributed by atoms with E-state index in [1.165, 1.54) is 4.88 Å². The second-order valence-electron chi connectivity index (χ2n) is 4.41. The summed E-state index contributed by atoms with van der Waals surface area (Å²) in [5.74, 6) is 0.813. The topological polar surface area (TPSA) is 29.5 Å². The van der Waals surface area contributed by atoms with Crippen LogP contribution in [0.3, 0.4) is 0 Å². The largest absolute Gasteiger partial charge is 0.484 e. The van der Waals surface area contributed by atoms with Crippen LogP contribution in [0.25, 0.3) is 0 Å². The van der Waals surface area contributed by atoms with Crippen LogP contribution >= 0.6 is 11.3 Å². The summed E-state index contributed by atoms with van der Waals surface area (Å²) >= 11 is 1.67. The first-order chi connectivity index (χ1) is 8.24. The van der Waals surface area contributed by atoms with Crippen molar-refractivity contribution in [1.82, 2.24) is 0 Å². The summed E-state index contributed by atoms with van der Waals surface area (Å²) in [5, 5.41) is 12.2. The highest BCUT2D eigenvalue weighted by Gasteiger charge is 2.28. The number of thiophene rings is 1. The van der Waals surface area contributed by atoms with E-state index < -0.39 is 6.10 Å². The Morgan fingerprint density at radius 2 is 2.24 bits per heavy atom. The van der Waals surface area contributed by atoms with Crippen LogP contribution in [0.1, 0.15) is 34.6 Å². The number of aliphatic hydroxyl groups excluding tert-OH is 1. The number of rotatable bonds is 1. The van der Waals surface area contributed by atoms with Crippen molar-refractivity contribution >= 4 is 11.3 Å². The van der Waals surface area contributed by atoms with Gasteiger partial charge in [0.1, 0.15) is 11.9 Å². The standard InChI is InChI=1S/C14H14O2S/c1-9-4-5-12-10(7-9)11(15)8-13(16-12)14-3-2-6-17-14/h2-7,11,13,15H,8H2,1H3. The molecule has 0 radical (unpaired) electrons. The zero-order valence-corrected chi connectivity index (χ0v) is 10.4. The molecule has 0 spiro atoms. The number of fused-ring (bicyclic) bond motifs is 1. The van der Waals surface area contributed by atoms with Crippen LogP contribution in [-0.2, 0) is 0 Å². The van der Waals surface area contributed by atoms with Gasteiger partial charge >= 0.3 is 0 Å². The number of aliphatic hydroxyl groups is 1. The molecule has 1 N–H and O–H groups in total. The summed E-state index contributed by atoms with van der Waals surface area (Å²) in [6.07, 6.45) is 0.197. The molecular weight excluding hydrogens is 232 g/mol. The molecule has 0 saturated heterocycles. The lowest BCUT2D eigenvalue weighted by Gasteiger charge is -2.29. The highest BCUT2D eigenvalue weighted by molar-refractivity contribution is 7.10. The average molecular weight is 246 g/mol. The van der Waals surface area contributed by atoms with E-state index in [1.54, 1.807) is 11.3 Å². The maximum atomic E-state index is 10.2. The molecule has 2 aromatic rings. The van der Waals surface area contributed by atoms with E-state index in [2.05, 4.69) is 6.07 Å². The van der Waals surface area contributed by atoms with Gasteiger partial charge in [-0.2, -0.15) is 0 Å². The molecule has 0 aliphatic carbocycles. The van der Waals surface area contributed by atoms with Crippen LogP contribution in [0.15, 0.2) is 35.7 Å². The highest BCUT2D eigenvalue weighted by atomic mass is 32.1. The third-order valence-electron chi connectivity index (χ3n) is 3.09. The SMILES string of the molecule is Cc1ccc2c(c1)C(O)CC(c1cccs1)O2. The third kappa shape index (κ3) is 1.96. The van der Waals surface area contributed by atoms with Crippen molar-refractivity contribution in [2.75, 3.05) is 0 Å². The van der Waals surface area contributed by atoms with Gasteiger partial charge < -0.3 is 9.84 Å². The van der Waals surface area contributed by atoms with E-state index >= 15 is 0 Å². The van der Waals surface area contributed by atoms with Crippen LogP contribution in [-0.4, -0.2) is 5.11 Å². The smallest absolute Gasteiger partial charge is 0.136 e. The lowest BCUT2D eigenvalue weighted by atomic mass is 9.97. The molecule has 3 rings (SSSR count). The molecule has 1 aliphatic rings. The zero-order chi connectivity index (χ0) is 11.8. The van der Waals surface area contributed by atoms with Crippen molar-refractivity contribution in [3.63, 3.8) is 0 Å². The number of hydrogen-bond donors (Lipinski definition) is 1. The number of hydrogen-bond acceptors (Lipinski definition) is 3. The molecule has 0 fully saturated rings. The molecule has 17 heavy (non-hydrogen) atoms. The summed E-state index contributed by atoms with van der Waals surface area (Å²) in [6, 6.07) is 10.0. The van der Waals surface area contributed by atoms with E-state index in [1.807, 2.05) is 36.6 Å². The zero-order valence-electron chi connectivity index (χ0n) is 9.59. The Bertz CT molecular complexity index is 519. The molecular formula is C14H14O2S. The Hall–Kier alpha value is -1.32. The minimum absolute atomic E-state index is 0.0137. The predicted octanol–water partition coefficient (Wildman–Crippen LogP) is 3.61. The number of benzene rings is 1. The lowest BCUT2D eigenvalue weighted by Crippen LogP contribution is -2.18. The molecule has 0 bridgehead atoms. The molecule has 1 aromatic heterocycles. The number of aryl methyl sites for hydroxylation is 1. The van der Waals surface area contributed by atoms with Gasteiger partial charge in [0.05, 0.1) is 6.10 Å². The van der Waals surface area contributed by atoms with Gasteiger partial charge in [0.15, 0.2) is 0 Å². The van der Waals surface area contributed by atoms with Gasteiger partial charge in [0.2, 0.25) is 0 Å². The molecule has 2 nitrogen and oxygen atoms in total. The van der Waals surface area contributed by atoms with Crippen LogP contribution in [0.4, 0.5) is 0 Å². The third-order valence-corrected chi connectivity index (χ3v) is 4.06. The van der Waals surface area contributed by atoms with Gasteiger partial charge in [-0.1, -0.05) is 17.7 Å². The molecule has 88 valence electrons. The fourth-order valence-corrected chi connectivity index (χ4v) is 2.98. The van der Waals surface area contributed by atoms with Crippen molar-refractivity contribution in [2.45, 2.75) is 25.6 Å². The molecule has 3 heteroatoms. The Kier molecular flexibility index (Phi) is 2.65. The number of ether oxygens (including phenoxy) is 1.